The highest BCUT2D eigenvalue weighted by molar-refractivity contribution is 7.90. The molecule has 1 N–H and O–H groups in total. The molecule has 0 spiro atoms. The van der Waals surface area contributed by atoms with Gasteiger partial charge in [-0.25, -0.2) is 8.42 Å². The number of sulfonamides is 1. The number of fused-ring (bicyclic) bond motifs is 1. The van der Waals surface area contributed by atoms with Gasteiger partial charge in [-0.05, 0) is 25.0 Å². The molecule has 1 aromatic rings. The summed E-state index contributed by atoms with van der Waals surface area (Å²) in [4.78, 5) is 4.83. The molecule has 0 aromatic heterocycles. The third-order valence-electron chi connectivity index (χ3n) is 3.46. The highest BCUT2D eigenvalue weighted by Crippen LogP contribution is 2.23. The van der Waals surface area contributed by atoms with Crippen LogP contribution < -0.4 is 4.72 Å². The van der Waals surface area contributed by atoms with Crippen LogP contribution >= 0.6 is 0 Å². The lowest BCUT2D eigenvalue weighted by molar-refractivity contribution is 0.471. The lowest BCUT2D eigenvalue weighted by atomic mass is 10.0. The molecule has 2 rings (SSSR count). The quantitative estimate of drug-likeness (QED) is 0.911. The molecule has 0 saturated heterocycles. The second-order valence-electron chi connectivity index (χ2n) is 4.71. The minimum atomic E-state index is -3.41. The summed E-state index contributed by atoms with van der Waals surface area (Å²) >= 11 is 0. The number of nitrogens with zero attached hydrogens (tertiary/aromatic N) is 1. The standard InChI is InChI=1S/C13H18N2O2S/c1-4-9(2)10(3)14-13-11-7-5-6-8-12(11)18(16,17)15-13/h5-10H,4H2,1-3H3,(H,14,15). The molecule has 1 aromatic carbocycles. The van der Waals surface area contributed by atoms with E-state index in [4.69, 9.17) is 0 Å². The summed E-state index contributed by atoms with van der Waals surface area (Å²) in [6.45, 7) is 6.23. The average molecular weight is 266 g/mol. The second kappa shape index (κ2) is 4.72. The molecule has 98 valence electrons. The molecule has 1 aliphatic rings. The van der Waals surface area contributed by atoms with E-state index in [9.17, 15) is 8.42 Å². The van der Waals surface area contributed by atoms with Gasteiger partial charge in [0.2, 0.25) is 0 Å². The van der Waals surface area contributed by atoms with Crippen LogP contribution in [-0.4, -0.2) is 20.3 Å². The Kier molecular flexibility index (Phi) is 3.43. The fourth-order valence-corrected chi connectivity index (χ4v) is 3.14. The van der Waals surface area contributed by atoms with Gasteiger partial charge in [0.05, 0.1) is 10.9 Å². The molecule has 2 unspecified atom stereocenters. The number of amidine groups is 1. The molecule has 0 radical (unpaired) electrons. The number of nitrogens with one attached hydrogen (secondary N) is 1. The molecule has 2 atom stereocenters. The molecule has 1 heterocycles. The molecule has 0 aliphatic carbocycles. The van der Waals surface area contributed by atoms with Crippen molar-refractivity contribution in [3.63, 3.8) is 0 Å². The van der Waals surface area contributed by atoms with Crippen molar-refractivity contribution >= 4 is 15.9 Å². The minimum absolute atomic E-state index is 0.0962. The summed E-state index contributed by atoms with van der Waals surface area (Å²) in [6.07, 6.45) is 1.02. The van der Waals surface area contributed by atoms with Crippen molar-refractivity contribution < 1.29 is 8.42 Å². The molecule has 0 bridgehead atoms. The van der Waals surface area contributed by atoms with E-state index in [0.717, 1.165) is 6.42 Å². The number of benzene rings is 1. The Morgan fingerprint density at radius 2 is 1.94 bits per heavy atom. The zero-order chi connectivity index (χ0) is 13.3. The van der Waals surface area contributed by atoms with Gasteiger partial charge in [-0.3, -0.25) is 9.71 Å². The SMILES string of the molecule is CCC(C)C(C)N=C1NS(=O)(=O)c2ccccc21. The van der Waals surface area contributed by atoms with E-state index in [1.807, 2.05) is 13.0 Å². The average Bonchev–Trinajstić information content (AvgIpc) is 2.61. The lowest BCUT2D eigenvalue weighted by Gasteiger charge is -2.14. The topological polar surface area (TPSA) is 58.5 Å². The summed E-state index contributed by atoms with van der Waals surface area (Å²) in [6, 6.07) is 7.03. The van der Waals surface area contributed by atoms with Gasteiger partial charge < -0.3 is 0 Å². The number of hydrogen-bond donors (Lipinski definition) is 1. The van der Waals surface area contributed by atoms with Crippen LogP contribution in [0, 0.1) is 5.92 Å². The van der Waals surface area contributed by atoms with Gasteiger partial charge in [0.15, 0.2) is 0 Å². The van der Waals surface area contributed by atoms with Gasteiger partial charge >= 0.3 is 0 Å². The molecular formula is C13H18N2O2S. The van der Waals surface area contributed by atoms with E-state index >= 15 is 0 Å². The van der Waals surface area contributed by atoms with Crippen LogP contribution in [0.25, 0.3) is 0 Å². The highest BCUT2D eigenvalue weighted by atomic mass is 32.2. The van der Waals surface area contributed by atoms with Crippen LogP contribution in [0.3, 0.4) is 0 Å². The fraction of sp³-hybridized carbons (Fsp3) is 0.462. The summed E-state index contributed by atoms with van der Waals surface area (Å²) in [5.74, 6) is 0.896. The molecule has 1 aliphatic heterocycles. The van der Waals surface area contributed by atoms with Gasteiger partial charge in [-0.1, -0.05) is 32.4 Å². The predicted octanol–water partition coefficient (Wildman–Crippen LogP) is 2.16. The largest absolute Gasteiger partial charge is 0.264 e. The van der Waals surface area contributed by atoms with Crippen molar-refractivity contribution in [2.45, 2.75) is 38.1 Å². The molecule has 0 amide bonds. The predicted molar refractivity (Wildman–Crippen MR) is 72.2 cm³/mol. The third-order valence-corrected chi connectivity index (χ3v) is 4.86. The molecule has 4 nitrogen and oxygen atoms in total. The van der Waals surface area contributed by atoms with Gasteiger partial charge in [-0.2, -0.15) is 0 Å². The van der Waals surface area contributed by atoms with Crippen LogP contribution in [0.4, 0.5) is 0 Å². The van der Waals surface area contributed by atoms with Crippen LogP contribution in [0.5, 0.6) is 0 Å². The van der Waals surface area contributed by atoms with Crippen LogP contribution in [0.1, 0.15) is 32.8 Å². The maximum Gasteiger partial charge on any atom is 0.263 e. The Morgan fingerprint density at radius 3 is 2.61 bits per heavy atom. The Balaban J connectivity index is 2.42. The van der Waals surface area contributed by atoms with Crippen molar-refractivity contribution in [1.82, 2.24) is 4.72 Å². The first kappa shape index (κ1) is 13.1. The van der Waals surface area contributed by atoms with Gasteiger partial charge in [-0.15, -0.1) is 0 Å². The van der Waals surface area contributed by atoms with Crippen molar-refractivity contribution in [3.8, 4) is 0 Å². The van der Waals surface area contributed by atoms with E-state index in [0.29, 0.717) is 22.2 Å². The van der Waals surface area contributed by atoms with Crippen LogP contribution in [-0.2, 0) is 10.0 Å². The van der Waals surface area contributed by atoms with Gasteiger partial charge in [0.25, 0.3) is 10.0 Å². The van der Waals surface area contributed by atoms with Gasteiger partial charge in [0.1, 0.15) is 5.84 Å². The first-order valence-electron chi connectivity index (χ1n) is 6.15. The van der Waals surface area contributed by atoms with E-state index in [2.05, 4.69) is 23.6 Å². The molecule has 5 heteroatoms. The van der Waals surface area contributed by atoms with Crippen molar-refractivity contribution in [2.75, 3.05) is 0 Å². The number of hydrogen-bond acceptors (Lipinski definition) is 3. The highest BCUT2D eigenvalue weighted by Gasteiger charge is 2.30. The maximum atomic E-state index is 11.9. The molecule has 0 saturated carbocycles. The second-order valence-corrected chi connectivity index (χ2v) is 6.36. The zero-order valence-electron chi connectivity index (χ0n) is 10.8. The lowest BCUT2D eigenvalue weighted by Crippen LogP contribution is -2.25. The fourth-order valence-electron chi connectivity index (χ4n) is 1.90. The van der Waals surface area contributed by atoms with Crippen molar-refractivity contribution in [3.05, 3.63) is 29.8 Å². The first-order valence-corrected chi connectivity index (χ1v) is 7.64. The number of aliphatic imine (C=N–C) groups is 1. The Morgan fingerprint density at radius 1 is 1.28 bits per heavy atom. The van der Waals surface area contributed by atoms with E-state index < -0.39 is 10.0 Å². The molecular weight excluding hydrogens is 248 g/mol. The smallest absolute Gasteiger partial charge is 0.263 e. The van der Waals surface area contributed by atoms with E-state index in [-0.39, 0.29) is 6.04 Å². The van der Waals surface area contributed by atoms with Gasteiger partial charge in [0, 0.05) is 5.56 Å². The van der Waals surface area contributed by atoms with Crippen molar-refractivity contribution in [2.24, 2.45) is 10.9 Å². The van der Waals surface area contributed by atoms with E-state index in [1.165, 1.54) is 0 Å². The van der Waals surface area contributed by atoms with Crippen LogP contribution in [0.15, 0.2) is 34.2 Å². The van der Waals surface area contributed by atoms with Crippen LogP contribution in [0.2, 0.25) is 0 Å². The summed E-state index contributed by atoms with van der Waals surface area (Å²) in [5, 5.41) is 0. The summed E-state index contributed by atoms with van der Waals surface area (Å²) in [5.41, 5.74) is 0.674. The third kappa shape index (κ3) is 2.27. The first-order chi connectivity index (χ1) is 8.45. The molecule has 18 heavy (non-hydrogen) atoms. The summed E-state index contributed by atoms with van der Waals surface area (Å²) in [7, 11) is -3.41. The normalized spacial score (nSPS) is 22.3. The Bertz CT molecular complexity index is 578. The Hall–Kier alpha value is -1.36. The minimum Gasteiger partial charge on any atom is -0.264 e. The summed E-state index contributed by atoms with van der Waals surface area (Å²) < 4.78 is 26.3. The van der Waals surface area contributed by atoms with Crippen molar-refractivity contribution in [1.29, 1.82) is 0 Å². The number of rotatable bonds is 3. The van der Waals surface area contributed by atoms with E-state index in [1.54, 1.807) is 18.2 Å². The maximum absolute atomic E-state index is 11.9. The Labute approximate surface area is 108 Å². The molecule has 0 fully saturated rings. The monoisotopic (exact) mass is 266 g/mol. The zero-order valence-corrected chi connectivity index (χ0v) is 11.7.